The molecule has 5 nitrogen and oxygen atoms in total. The number of hydrogen-bond donors (Lipinski definition) is 1. The zero-order chi connectivity index (χ0) is 23.1. The Hall–Kier alpha value is -2.60. The summed E-state index contributed by atoms with van der Waals surface area (Å²) < 4.78 is 5.77. The Labute approximate surface area is 204 Å². The number of carbonyl (C=O) groups excluding carboxylic acids is 1. The number of carbonyl (C=O) groups is 1. The average molecular weight is 484 g/mol. The first-order valence-electron chi connectivity index (χ1n) is 11.1. The van der Waals surface area contributed by atoms with Crippen LogP contribution in [0.4, 0.5) is 5.82 Å². The molecule has 0 spiro atoms. The second-order valence-electron chi connectivity index (χ2n) is 8.24. The van der Waals surface area contributed by atoms with Gasteiger partial charge in [0, 0.05) is 31.1 Å². The first-order valence-corrected chi connectivity index (χ1v) is 11.9. The number of nitrogens with one attached hydrogen (secondary N) is 1. The van der Waals surface area contributed by atoms with E-state index in [9.17, 15) is 4.79 Å². The molecule has 1 fully saturated rings. The number of aromatic nitrogens is 1. The lowest BCUT2D eigenvalue weighted by Gasteiger charge is -2.43. The lowest BCUT2D eigenvalue weighted by Crippen LogP contribution is -2.50. The third kappa shape index (κ3) is 5.85. The molecule has 172 valence electrons. The highest BCUT2D eigenvalue weighted by Gasteiger charge is 2.41. The van der Waals surface area contributed by atoms with E-state index in [1.54, 1.807) is 11.1 Å². The quantitative estimate of drug-likeness (QED) is 0.407. The fourth-order valence-corrected chi connectivity index (χ4v) is 4.59. The molecule has 1 aliphatic heterocycles. The first-order chi connectivity index (χ1) is 16.1. The van der Waals surface area contributed by atoms with Gasteiger partial charge >= 0.3 is 0 Å². The molecular formula is C26H27Cl2N3O2. The van der Waals surface area contributed by atoms with Gasteiger partial charge in [-0.2, -0.15) is 0 Å². The number of nitrogens with zero attached hydrogens (tertiary/aromatic N) is 2. The van der Waals surface area contributed by atoms with E-state index in [-0.39, 0.29) is 11.3 Å². The zero-order valence-corrected chi connectivity index (χ0v) is 19.9. The van der Waals surface area contributed by atoms with Crippen LogP contribution in [0.3, 0.4) is 0 Å². The molecule has 2 heterocycles. The van der Waals surface area contributed by atoms with Crippen LogP contribution in [0, 0.1) is 0 Å². The van der Waals surface area contributed by atoms with Crippen molar-refractivity contribution in [1.29, 1.82) is 0 Å². The Morgan fingerprint density at radius 1 is 1.00 bits per heavy atom. The van der Waals surface area contributed by atoms with Crippen molar-refractivity contribution in [2.45, 2.75) is 24.7 Å². The number of anilines is 1. The number of rotatable bonds is 9. The topological polar surface area (TPSA) is 54.5 Å². The largest absolute Gasteiger partial charge is 0.492 e. The molecule has 1 aliphatic rings. The lowest BCUT2D eigenvalue weighted by molar-refractivity contribution is -0.120. The fraction of sp³-hybridized carbons (Fsp3) is 0.308. The minimum Gasteiger partial charge on any atom is -0.492 e. The molecule has 1 atom stereocenters. The van der Waals surface area contributed by atoms with Gasteiger partial charge in [0.2, 0.25) is 5.91 Å². The summed E-state index contributed by atoms with van der Waals surface area (Å²) in [5, 5.41) is 4.54. The van der Waals surface area contributed by atoms with Gasteiger partial charge in [0.15, 0.2) is 0 Å². The summed E-state index contributed by atoms with van der Waals surface area (Å²) in [6.07, 6.45) is 3.75. The Morgan fingerprint density at radius 2 is 1.82 bits per heavy atom. The van der Waals surface area contributed by atoms with E-state index in [2.05, 4.69) is 10.3 Å². The van der Waals surface area contributed by atoms with Crippen LogP contribution in [0.2, 0.25) is 10.0 Å². The molecule has 2 aromatic carbocycles. The van der Waals surface area contributed by atoms with Crippen molar-refractivity contribution in [1.82, 2.24) is 10.3 Å². The summed E-state index contributed by atoms with van der Waals surface area (Å²) in [6, 6.07) is 21.2. The summed E-state index contributed by atoms with van der Waals surface area (Å²) in [5.41, 5.74) is 0.833. The fourth-order valence-electron chi connectivity index (χ4n) is 4.29. The van der Waals surface area contributed by atoms with Crippen LogP contribution in [0.5, 0.6) is 5.75 Å². The van der Waals surface area contributed by atoms with Crippen LogP contribution >= 0.6 is 23.2 Å². The number of piperidine rings is 1. The third-order valence-electron chi connectivity index (χ3n) is 6.11. The van der Waals surface area contributed by atoms with Gasteiger partial charge in [-0.3, -0.25) is 9.69 Å². The van der Waals surface area contributed by atoms with Crippen molar-refractivity contribution in [3.05, 3.63) is 88.5 Å². The molecule has 0 saturated carbocycles. The number of halogens is 2. The van der Waals surface area contributed by atoms with Crippen molar-refractivity contribution >= 4 is 34.9 Å². The number of ether oxygens (including phenoxy) is 1. The van der Waals surface area contributed by atoms with Gasteiger partial charge in [-0.1, -0.05) is 53.5 Å². The first kappa shape index (κ1) is 23.6. The molecule has 1 unspecified atom stereocenters. The van der Waals surface area contributed by atoms with Crippen LogP contribution in [-0.2, 0) is 10.2 Å². The summed E-state index contributed by atoms with van der Waals surface area (Å²) in [7, 11) is 0. The summed E-state index contributed by atoms with van der Waals surface area (Å²) in [6.45, 7) is 2.64. The zero-order valence-electron chi connectivity index (χ0n) is 18.3. The van der Waals surface area contributed by atoms with E-state index in [1.165, 1.54) is 0 Å². The van der Waals surface area contributed by atoms with Gasteiger partial charge in [-0.05, 0) is 61.3 Å². The molecule has 3 aromatic rings. The summed E-state index contributed by atoms with van der Waals surface area (Å²) >= 11 is 12.6. The molecule has 33 heavy (non-hydrogen) atoms. The Kier molecular flexibility index (Phi) is 7.86. The summed E-state index contributed by atoms with van der Waals surface area (Å²) in [5.74, 6) is 1.63. The van der Waals surface area contributed by atoms with Crippen LogP contribution in [-0.4, -0.2) is 37.1 Å². The number of pyridine rings is 1. The van der Waals surface area contributed by atoms with Crippen LogP contribution < -0.4 is 15.0 Å². The molecule has 7 heteroatoms. The minimum absolute atomic E-state index is 0.0913. The Bertz CT molecular complexity index is 1070. The molecule has 0 bridgehead atoms. The highest BCUT2D eigenvalue weighted by Crippen LogP contribution is 2.40. The monoisotopic (exact) mass is 483 g/mol. The molecule has 0 radical (unpaired) electrons. The Morgan fingerprint density at radius 3 is 2.58 bits per heavy atom. The van der Waals surface area contributed by atoms with Gasteiger partial charge in [-0.15, -0.1) is 0 Å². The summed E-state index contributed by atoms with van der Waals surface area (Å²) in [4.78, 5) is 19.0. The molecule has 1 amide bonds. The van der Waals surface area contributed by atoms with E-state index in [0.717, 1.165) is 37.2 Å². The highest BCUT2D eigenvalue weighted by atomic mass is 35.5. The average Bonchev–Trinajstić information content (AvgIpc) is 2.85. The number of amides is 1. The SMILES string of the molecule is O=C1CCC(CCNCCOc2ccccc2)(c2ccc(Cl)c(Cl)c2)CN1c1ccccn1. The van der Waals surface area contributed by atoms with Gasteiger partial charge in [0.1, 0.15) is 18.2 Å². The lowest BCUT2D eigenvalue weighted by atomic mass is 9.71. The van der Waals surface area contributed by atoms with E-state index >= 15 is 0 Å². The van der Waals surface area contributed by atoms with Crippen LogP contribution in [0.25, 0.3) is 0 Å². The van der Waals surface area contributed by atoms with Gasteiger partial charge < -0.3 is 10.1 Å². The second kappa shape index (κ2) is 11.0. The maximum absolute atomic E-state index is 12.8. The molecule has 1 saturated heterocycles. The van der Waals surface area contributed by atoms with E-state index < -0.39 is 0 Å². The van der Waals surface area contributed by atoms with Crippen molar-refractivity contribution in [3.8, 4) is 5.75 Å². The third-order valence-corrected chi connectivity index (χ3v) is 6.85. The van der Waals surface area contributed by atoms with Crippen LogP contribution in [0.1, 0.15) is 24.8 Å². The predicted molar refractivity (Wildman–Crippen MR) is 133 cm³/mol. The molecular weight excluding hydrogens is 457 g/mol. The van der Waals surface area contributed by atoms with E-state index in [1.807, 2.05) is 66.7 Å². The van der Waals surface area contributed by atoms with Crippen molar-refractivity contribution in [2.24, 2.45) is 0 Å². The maximum Gasteiger partial charge on any atom is 0.228 e. The van der Waals surface area contributed by atoms with Gasteiger partial charge in [-0.25, -0.2) is 4.98 Å². The normalized spacial score (nSPS) is 18.4. The van der Waals surface area contributed by atoms with Crippen molar-refractivity contribution < 1.29 is 9.53 Å². The van der Waals surface area contributed by atoms with Gasteiger partial charge in [0.25, 0.3) is 0 Å². The molecule has 0 aliphatic carbocycles. The standard InChI is InChI=1S/C26H27Cl2N3O2/c27-22-10-9-20(18-23(22)28)26(13-15-29-16-17-33-21-6-2-1-3-7-21)12-11-25(32)31(19-26)24-8-4-5-14-30-24/h1-10,14,18,29H,11-13,15-17,19H2. The molecule has 1 aromatic heterocycles. The Balaban J connectivity index is 1.46. The maximum atomic E-state index is 12.8. The number of hydrogen-bond acceptors (Lipinski definition) is 4. The number of para-hydroxylation sites is 1. The van der Waals surface area contributed by atoms with E-state index in [0.29, 0.717) is 35.4 Å². The van der Waals surface area contributed by atoms with Crippen molar-refractivity contribution in [2.75, 3.05) is 31.1 Å². The van der Waals surface area contributed by atoms with Gasteiger partial charge in [0.05, 0.1) is 10.0 Å². The smallest absolute Gasteiger partial charge is 0.228 e. The second-order valence-corrected chi connectivity index (χ2v) is 9.05. The van der Waals surface area contributed by atoms with Crippen LogP contribution in [0.15, 0.2) is 72.9 Å². The molecule has 4 rings (SSSR count). The highest BCUT2D eigenvalue weighted by molar-refractivity contribution is 6.42. The van der Waals surface area contributed by atoms with E-state index in [4.69, 9.17) is 27.9 Å². The molecule has 1 N–H and O–H groups in total. The van der Waals surface area contributed by atoms with Crippen molar-refractivity contribution in [3.63, 3.8) is 0 Å². The minimum atomic E-state index is -0.257. The number of benzene rings is 2. The predicted octanol–water partition coefficient (Wildman–Crippen LogP) is 5.51.